The number of aliphatic carboxylic acids is 1. The molecular weight excluding hydrogens is 322 g/mol. The fourth-order valence-electron chi connectivity index (χ4n) is 3.62. The second kappa shape index (κ2) is 6.40. The molecule has 7 heteroatoms. The van der Waals surface area contributed by atoms with Gasteiger partial charge >= 0.3 is 5.97 Å². The third-order valence-electron chi connectivity index (χ3n) is 5.09. The number of fused-ring (bicyclic) bond motifs is 1. The lowest BCUT2D eigenvalue weighted by molar-refractivity contribution is -0.150. The van der Waals surface area contributed by atoms with Crippen molar-refractivity contribution >= 4 is 5.97 Å². The van der Waals surface area contributed by atoms with Crippen molar-refractivity contribution in [3.63, 3.8) is 0 Å². The molecule has 0 atom stereocenters. The van der Waals surface area contributed by atoms with Crippen LogP contribution in [0.5, 0.6) is 11.5 Å². The van der Waals surface area contributed by atoms with Crippen LogP contribution in [0.3, 0.4) is 0 Å². The first kappa shape index (κ1) is 16.0. The third kappa shape index (κ3) is 2.95. The molecule has 1 N–H and O–H groups in total. The summed E-state index contributed by atoms with van der Waals surface area (Å²) in [7, 11) is 0. The van der Waals surface area contributed by atoms with E-state index in [1.54, 1.807) is 23.3 Å². The Balaban J connectivity index is 1.44. The molecule has 1 fully saturated rings. The highest BCUT2D eigenvalue weighted by molar-refractivity contribution is 5.77. The summed E-state index contributed by atoms with van der Waals surface area (Å²) in [6, 6.07) is 6.01. The largest absolute Gasteiger partial charge is 0.486 e. The van der Waals surface area contributed by atoms with Gasteiger partial charge in [-0.2, -0.15) is 0 Å². The van der Waals surface area contributed by atoms with Gasteiger partial charge in [0.2, 0.25) is 0 Å². The Hall–Kier alpha value is -2.54. The van der Waals surface area contributed by atoms with E-state index >= 15 is 0 Å². The Morgan fingerprint density at radius 1 is 1.20 bits per heavy atom. The van der Waals surface area contributed by atoms with Gasteiger partial charge in [0.25, 0.3) is 0 Å². The van der Waals surface area contributed by atoms with Crippen LogP contribution < -0.4 is 9.47 Å². The SMILES string of the molecule is O=C(O)C1(n2ccnc2)CCN(Cc2ccc3c(c2)OCCO3)CC1. The zero-order valence-corrected chi connectivity index (χ0v) is 13.9. The number of ether oxygens (including phenoxy) is 2. The van der Waals surface area contributed by atoms with Crippen LogP contribution >= 0.6 is 0 Å². The molecule has 25 heavy (non-hydrogen) atoms. The number of imidazole rings is 1. The summed E-state index contributed by atoms with van der Waals surface area (Å²) in [4.78, 5) is 18.2. The number of carboxylic acids is 1. The summed E-state index contributed by atoms with van der Waals surface area (Å²) < 4.78 is 12.9. The van der Waals surface area contributed by atoms with Crippen LogP contribution in [0.15, 0.2) is 36.9 Å². The van der Waals surface area contributed by atoms with Crippen molar-refractivity contribution in [2.24, 2.45) is 0 Å². The predicted molar refractivity (Wildman–Crippen MR) is 89.8 cm³/mol. The van der Waals surface area contributed by atoms with Crippen molar-refractivity contribution in [2.75, 3.05) is 26.3 Å². The second-order valence-electron chi connectivity index (χ2n) is 6.56. The van der Waals surface area contributed by atoms with Crippen molar-refractivity contribution in [2.45, 2.75) is 24.9 Å². The number of hydrogen-bond donors (Lipinski definition) is 1. The molecule has 0 spiro atoms. The lowest BCUT2D eigenvalue weighted by Crippen LogP contribution is -2.50. The Bertz CT molecular complexity index is 752. The van der Waals surface area contributed by atoms with Gasteiger partial charge in [-0.1, -0.05) is 6.07 Å². The molecule has 1 aromatic carbocycles. The number of carboxylic acid groups (broad SMARTS) is 1. The molecule has 0 bridgehead atoms. The van der Waals surface area contributed by atoms with E-state index in [0.29, 0.717) is 26.1 Å². The van der Waals surface area contributed by atoms with Crippen LogP contribution in [-0.4, -0.2) is 51.8 Å². The average molecular weight is 343 g/mol. The summed E-state index contributed by atoms with van der Waals surface area (Å²) in [5, 5.41) is 9.77. The van der Waals surface area contributed by atoms with Crippen molar-refractivity contribution in [3.8, 4) is 11.5 Å². The number of aromatic nitrogens is 2. The fourth-order valence-corrected chi connectivity index (χ4v) is 3.62. The van der Waals surface area contributed by atoms with Gasteiger partial charge in [-0.3, -0.25) is 4.90 Å². The minimum atomic E-state index is -0.889. The van der Waals surface area contributed by atoms with E-state index in [0.717, 1.165) is 36.7 Å². The predicted octanol–water partition coefficient (Wildman–Crippen LogP) is 1.73. The van der Waals surface area contributed by atoms with Gasteiger partial charge in [0.1, 0.15) is 18.8 Å². The molecule has 3 heterocycles. The van der Waals surface area contributed by atoms with E-state index in [4.69, 9.17) is 9.47 Å². The normalized spacial score (nSPS) is 19.5. The van der Waals surface area contributed by atoms with Crippen LogP contribution in [0, 0.1) is 0 Å². The molecule has 0 amide bonds. The molecule has 0 unspecified atom stereocenters. The molecule has 7 nitrogen and oxygen atoms in total. The Morgan fingerprint density at radius 3 is 2.64 bits per heavy atom. The van der Waals surface area contributed by atoms with Crippen LogP contribution in [0.1, 0.15) is 18.4 Å². The molecule has 0 aliphatic carbocycles. The van der Waals surface area contributed by atoms with Gasteiger partial charge in [-0.25, -0.2) is 9.78 Å². The maximum atomic E-state index is 11.9. The van der Waals surface area contributed by atoms with Gasteiger partial charge in [0.05, 0.1) is 6.33 Å². The van der Waals surface area contributed by atoms with Crippen molar-refractivity contribution in [1.29, 1.82) is 0 Å². The van der Waals surface area contributed by atoms with Crippen LogP contribution in [0.4, 0.5) is 0 Å². The topological polar surface area (TPSA) is 76.8 Å². The molecule has 1 saturated heterocycles. The highest BCUT2D eigenvalue weighted by Gasteiger charge is 2.43. The minimum absolute atomic E-state index is 0.559. The van der Waals surface area contributed by atoms with Crippen molar-refractivity contribution in [3.05, 3.63) is 42.5 Å². The Kier molecular flexibility index (Phi) is 4.09. The van der Waals surface area contributed by atoms with Crippen LogP contribution in [0.25, 0.3) is 0 Å². The summed E-state index contributed by atoms with van der Waals surface area (Å²) in [5.41, 5.74) is 0.259. The number of carbonyl (C=O) groups is 1. The zero-order chi connectivity index (χ0) is 17.3. The van der Waals surface area contributed by atoms with Gasteiger partial charge in [0, 0.05) is 32.0 Å². The number of hydrogen-bond acceptors (Lipinski definition) is 5. The quantitative estimate of drug-likeness (QED) is 0.911. The fraction of sp³-hybridized carbons (Fsp3) is 0.444. The molecule has 4 rings (SSSR count). The Labute approximate surface area is 145 Å². The first-order valence-corrected chi connectivity index (χ1v) is 8.50. The van der Waals surface area contributed by atoms with E-state index in [-0.39, 0.29) is 0 Å². The maximum absolute atomic E-state index is 11.9. The van der Waals surface area contributed by atoms with Crippen molar-refractivity contribution < 1.29 is 19.4 Å². The van der Waals surface area contributed by atoms with Crippen LogP contribution in [-0.2, 0) is 16.9 Å². The lowest BCUT2D eigenvalue weighted by atomic mass is 9.87. The number of piperidine rings is 1. The average Bonchev–Trinajstić information content (AvgIpc) is 3.17. The lowest BCUT2D eigenvalue weighted by Gasteiger charge is -2.39. The monoisotopic (exact) mass is 343 g/mol. The molecule has 0 saturated carbocycles. The Morgan fingerprint density at radius 2 is 1.96 bits per heavy atom. The minimum Gasteiger partial charge on any atom is -0.486 e. The molecule has 132 valence electrons. The maximum Gasteiger partial charge on any atom is 0.330 e. The first-order chi connectivity index (χ1) is 12.2. The summed E-state index contributed by atoms with van der Waals surface area (Å²) in [6.45, 7) is 3.38. The van der Waals surface area contributed by atoms with Crippen molar-refractivity contribution in [1.82, 2.24) is 14.5 Å². The molecule has 2 aliphatic rings. The van der Waals surface area contributed by atoms with E-state index < -0.39 is 11.5 Å². The standard InChI is InChI=1S/C18H21N3O4/c22-17(23)18(21-8-5-19-13-21)3-6-20(7-4-18)12-14-1-2-15-16(11-14)25-10-9-24-15/h1-2,5,8,11,13H,3-4,6-7,9-10,12H2,(H,22,23). The summed E-state index contributed by atoms with van der Waals surface area (Å²) >= 11 is 0. The molecule has 2 aliphatic heterocycles. The van der Waals surface area contributed by atoms with E-state index in [1.165, 1.54) is 0 Å². The highest BCUT2D eigenvalue weighted by Crippen LogP contribution is 2.33. The summed E-state index contributed by atoms with van der Waals surface area (Å²) in [5.74, 6) is 0.794. The number of benzene rings is 1. The molecule has 1 aromatic heterocycles. The first-order valence-electron chi connectivity index (χ1n) is 8.50. The van der Waals surface area contributed by atoms with E-state index in [9.17, 15) is 9.90 Å². The summed E-state index contributed by atoms with van der Waals surface area (Å²) in [6.07, 6.45) is 6.09. The zero-order valence-electron chi connectivity index (χ0n) is 13.9. The van der Waals surface area contributed by atoms with E-state index in [1.807, 2.05) is 18.2 Å². The van der Waals surface area contributed by atoms with Gasteiger partial charge in [-0.15, -0.1) is 0 Å². The molecule has 0 radical (unpaired) electrons. The van der Waals surface area contributed by atoms with E-state index in [2.05, 4.69) is 9.88 Å². The third-order valence-corrected chi connectivity index (χ3v) is 5.09. The number of rotatable bonds is 4. The second-order valence-corrected chi connectivity index (χ2v) is 6.56. The smallest absolute Gasteiger partial charge is 0.330 e. The molecular formula is C18H21N3O4. The number of nitrogens with zero attached hydrogens (tertiary/aromatic N) is 3. The number of likely N-dealkylation sites (tertiary alicyclic amines) is 1. The van der Waals surface area contributed by atoms with Crippen LogP contribution in [0.2, 0.25) is 0 Å². The van der Waals surface area contributed by atoms with Gasteiger partial charge in [-0.05, 0) is 30.5 Å². The van der Waals surface area contributed by atoms with Gasteiger partial charge < -0.3 is 19.1 Å². The molecule has 2 aromatic rings. The van der Waals surface area contributed by atoms with Gasteiger partial charge in [0.15, 0.2) is 11.5 Å². The highest BCUT2D eigenvalue weighted by atomic mass is 16.6.